The molecular weight excluding hydrogens is 204 g/mol. The maximum absolute atomic E-state index is 9.38. The molecule has 6 nitrogen and oxygen atoms in total. The van der Waals surface area contributed by atoms with Gasteiger partial charge in [0, 0.05) is 7.11 Å². The van der Waals surface area contributed by atoms with Gasteiger partial charge in [0.05, 0.1) is 6.61 Å². The fourth-order valence-corrected chi connectivity index (χ4v) is 1.33. The molecule has 1 aliphatic rings. The Morgan fingerprint density at radius 1 is 1.13 bits per heavy atom. The number of aliphatic hydroxyl groups is 4. The van der Waals surface area contributed by atoms with Crippen molar-refractivity contribution < 1.29 is 29.9 Å². The van der Waals surface area contributed by atoms with Gasteiger partial charge in [0.15, 0.2) is 6.29 Å². The molecule has 1 heterocycles. The molecule has 0 unspecified atom stereocenters. The SMILES string of the molecule is CC.CO[C@@H]1[C@@H](O)[C@H](O)[C@@H](CO)O[C@@H]1O. The molecule has 0 aromatic carbocycles. The van der Waals surface area contributed by atoms with Crippen LogP contribution in [0.4, 0.5) is 0 Å². The molecule has 0 radical (unpaired) electrons. The van der Waals surface area contributed by atoms with Gasteiger partial charge in [-0.05, 0) is 0 Å². The number of ether oxygens (including phenoxy) is 2. The summed E-state index contributed by atoms with van der Waals surface area (Å²) in [5.41, 5.74) is 0. The molecule has 0 saturated carbocycles. The molecule has 15 heavy (non-hydrogen) atoms. The van der Waals surface area contributed by atoms with Crippen molar-refractivity contribution in [3.63, 3.8) is 0 Å². The summed E-state index contributed by atoms with van der Waals surface area (Å²) >= 11 is 0. The van der Waals surface area contributed by atoms with E-state index < -0.39 is 37.3 Å². The number of hydrogen-bond acceptors (Lipinski definition) is 6. The summed E-state index contributed by atoms with van der Waals surface area (Å²) in [7, 11) is 1.28. The van der Waals surface area contributed by atoms with Gasteiger partial charge in [-0.3, -0.25) is 0 Å². The van der Waals surface area contributed by atoms with Crippen molar-refractivity contribution in [3.8, 4) is 0 Å². The van der Waals surface area contributed by atoms with Gasteiger partial charge in [0.25, 0.3) is 0 Å². The third-order valence-corrected chi connectivity index (χ3v) is 2.11. The quantitative estimate of drug-likeness (QED) is 0.453. The topological polar surface area (TPSA) is 99.4 Å². The molecule has 4 N–H and O–H groups in total. The summed E-state index contributed by atoms with van der Waals surface area (Å²) in [4.78, 5) is 0. The predicted molar refractivity (Wildman–Crippen MR) is 52.1 cm³/mol. The lowest BCUT2D eigenvalue weighted by Crippen LogP contribution is -2.59. The van der Waals surface area contributed by atoms with Gasteiger partial charge in [-0.1, -0.05) is 13.8 Å². The Labute approximate surface area is 89.1 Å². The van der Waals surface area contributed by atoms with E-state index >= 15 is 0 Å². The highest BCUT2D eigenvalue weighted by Crippen LogP contribution is 2.21. The zero-order valence-corrected chi connectivity index (χ0v) is 9.20. The van der Waals surface area contributed by atoms with Crippen LogP contribution in [0.5, 0.6) is 0 Å². The molecule has 0 aromatic heterocycles. The van der Waals surface area contributed by atoms with E-state index in [1.54, 1.807) is 0 Å². The van der Waals surface area contributed by atoms with Crippen LogP contribution in [0.1, 0.15) is 13.8 Å². The van der Waals surface area contributed by atoms with Crippen molar-refractivity contribution in [1.29, 1.82) is 0 Å². The van der Waals surface area contributed by atoms with Crippen LogP contribution in [0.15, 0.2) is 0 Å². The average Bonchev–Trinajstić information content (AvgIpc) is 2.27. The highest BCUT2D eigenvalue weighted by molar-refractivity contribution is 4.88. The minimum atomic E-state index is -1.33. The summed E-state index contributed by atoms with van der Waals surface area (Å²) in [6, 6.07) is 0. The second kappa shape index (κ2) is 7.10. The first-order valence-electron chi connectivity index (χ1n) is 4.95. The Balaban J connectivity index is 0.000000921. The molecule has 0 aliphatic carbocycles. The van der Waals surface area contributed by atoms with E-state index in [0.29, 0.717) is 0 Å². The molecule has 6 heteroatoms. The van der Waals surface area contributed by atoms with Gasteiger partial charge in [0.2, 0.25) is 0 Å². The lowest BCUT2D eigenvalue weighted by Gasteiger charge is -2.39. The molecular formula is C9H20O6. The Kier molecular flexibility index (Phi) is 6.99. The Hall–Kier alpha value is -0.240. The zero-order chi connectivity index (χ0) is 12.0. The van der Waals surface area contributed by atoms with Crippen molar-refractivity contribution >= 4 is 0 Å². The Morgan fingerprint density at radius 3 is 2.07 bits per heavy atom. The van der Waals surface area contributed by atoms with Gasteiger partial charge in [-0.25, -0.2) is 0 Å². The third kappa shape index (κ3) is 3.37. The van der Waals surface area contributed by atoms with Crippen LogP contribution < -0.4 is 0 Å². The minimum Gasteiger partial charge on any atom is -0.394 e. The zero-order valence-electron chi connectivity index (χ0n) is 9.20. The maximum Gasteiger partial charge on any atom is 0.184 e. The van der Waals surface area contributed by atoms with E-state index in [2.05, 4.69) is 0 Å². The van der Waals surface area contributed by atoms with E-state index in [1.165, 1.54) is 7.11 Å². The molecule has 92 valence electrons. The van der Waals surface area contributed by atoms with Gasteiger partial charge in [0.1, 0.15) is 24.4 Å². The number of methoxy groups -OCH3 is 1. The first kappa shape index (κ1) is 14.8. The van der Waals surface area contributed by atoms with Gasteiger partial charge < -0.3 is 29.9 Å². The highest BCUT2D eigenvalue weighted by Gasteiger charge is 2.43. The molecule has 0 bridgehead atoms. The minimum absolute atomic E-state index is 0.467. The van der Waals surface area contributed by atoms with Gasteiger partial charge >= 0.3 is 0 Å². The molecule has 1 saturated heterocycles. The molecule has 1 aliphatic heterocycles. The molecule has 0 amide bonds. The normalized spacial score (nSPS) is 40.6. The second-order valence-electron chi connectivity index (χ2n) is 2.93. The number of aliphatic hydroxyl groups excluding tert-OH is 4. The lowest BCUT2D eigenvalue weighted by molar-refractivity contribution is -0.291. The van der Waals surface area contributed by atoms with Crippen molar-refractivity contribution in [2.45, 2.75) is 44.6 Å². The lowest BCUT2D eigenvalue weighted by atomic mass is 9.99. The molecule has 0 aromatic rings. The van der Waals surface area contributed by atoms with Gasteiger partial charge in [-0.2, -0.15) is 0 Å². The van der Waals surface area contributed by atoms with Crippen molar-refractivity contribution in [2.24, 2.45) is 0 Å². The standard InChI is InChI=1S/C7H14O6.C2H6/c1-12-6-5(10)4(9)3(2-8)13-7(6)11;1-2/h3-11H,2H2,1H3;1-2H3/t3-,4-,5+,6-,7+;/m1./s1. The Bertz CT molecular complexity index is 165. The fourth-order valence-electron chi connectivity index (χ4n) is 1.33. The molecule has 5 atom stereocenters. The molecule has 1 rings (SSSR count). The van der Waals surface area contributed by atoms with E-state index in [1.807, 2.05) is 13.8 Å². The second-order valence-corrected chi connectivity index (χ2v) is 2.93. The summed E-state index contributed by atoms with van der Waals surface area (Å²) in [6.45, 7) is 3.53. The monoisotopic (exact) mass is 224 g/mol. The summed E-state index contributed by atoms with van der Waals surface area (Å²) in [5, 5.41) is 36.7. The van der Waals surface area contributed by atoms with E-state index in [4.69, 9.17) is 14.6 Å². The van der Waals surface area contributed by atoms with Crippen molar-refractivity contribution in [2.75, 3.05) is 13.7 Å². The first-order valence-corrected chi connectivity index (χ1v) is 4.95. The Morgan fingerprint density at radius 2 is 1.67 bits per heavy atom. The van der Waals surface area contributed by atoms with Crippen LogP contribution in [0, 0.1) is 0 Å². The highest BCUT2D eigenvalue weighted by atomic mass is 16.7. The van der Waals surface area contributed by atoms with Crippen molar-refractivity contribution in [1.82, 2.24) is 0 Å². The summed E-state index contributed by atoms with van der Waals surface area (Å²) in [6.07, 6.45) is -5.81. The molecule has 1 fully saturated rings. The largest absolute Gasteiger partial charge is 0.394 e. The first-order chi connectivity index (χ1) is 7.11. The maximum atomic E-state index is 9.38. The van der Waals surface area contributed by atoms with E-state index in [9.17, 15) is 15.3 Å². The number of hydrogen-bond donors (Lipinski definition) is 4. The van der Waals surface area contributed by atoms with Crippen LogP contribution in [0.2, 0.25) is 0 Å². The predicted octanol–water partition coefficient (Wildman–Crippen LogP) is -1.54. The van der Waals surface area contributed by atoms with Crippen molar-refractivity contribution in [3.05, 3.63) is 0 Å². The van der Waals surface area contributed by atoms with Crippen LogP contribution in [0.3, 0.4) is 0 Å². The van der Waals surface area contributed by atoms with Gasteiger partial charge in [-0.15, -0.1) is 0 Å². The van der Waals surface area contributed by atoms with Crippen LogP contribution in [0.25, 0.3) is 0 Å². The summed E-state index contributed by atoms with van der Waals surface area (Å²) < 4.78 is 9.50. The van der Waals surface area contributed by atoms with Crippen LogP contribution in [-0.4, -0.2) is 64.8 Å². The molecule has 0 spiro atoms. The van der Waals surface area contributed by atoms with E-state index in [-0.39, 0.29) is 0 Å². The van der Waals surface area contributed by atoms with E-state index in [0.717, 1.165) is 0 Å². The summed E-state index contributed by atoms with van der Waals surface area (Å²) in [5.74, 6) is 0. The average molecular weight is 224 g/mol. The van der Waals surface area contributed by atoms with Crippen LogP contribution in [-0.2, 0) is 9.47 Å². The smallest absolute Gasteiger partial charge is 0.184 e. The fraction of sp³-hybridized carbons (Fsp3) is 1.00. The third-order valence-electron chi connectivity index (χ3n) is 2.11. The number of rotatable bonds is 2. The van der Waals surface area contributed by atoms with Crippen LogP contribution >= 0.6 is 0 Å².